The van der Waals surface area contributed by atoms with Gasteiger partial charge in [0.05, 0.1) is 59.4 Å². The first-order valence-electron chi connectivity index (χ1n) is 14.6. The highest BCUT2D eigenvalue weighted by molar-refractivity contribution is 6.35. The van der Waals surface area contributed by atoms with Crippen LogP contribution in [0, 0.1) is 40.3 Å². The number of nitrogens with zero attached hydrogens (tertiary/aromatic N) is 6. The molecule has 0 bridgehead atoms. The van der Waals surface area contributed by atoms with Gasteiger partial charge in [0, 0.05) is 23.2 Å². The van der Waals surface area contributed by atoms with Gasteiger partial charge in [-0.2, -0.15) is 10.5 Å². The molecule has 43 heavy (non-hydrogen) atoms. The molecular formula is C33H26ClFN8. The van der Waals surface area contributed by atoms with Gasteiger partial charge in [0.2, 0.25) is 0 Å². The molecule has 3 unspecified atom stereocenters. The molecule has 2 fully saturated rings. The third-order valence-corrected chi connectivity index (χ3v) is 8.32. The molecule has 0 spiro atoms. The van der Waals surface area contributed by atoms with Gasteiger partial charge in [0.1, 0.15) is 17.6 Å². The van der Waals surface area contributed by atoms with Crippen LogP contribution in [0.5, 0.6) is 0 Å². The predicted molar refractivity (Wildman–Crippen MR) is 162 cm³/mol. The van der Waals surface area contributed by atoms with Crippen LogP contribution in [-0.4, -0.2) is 20.0 Å². The topological polar surface area (TPSA) is 115 Å². The summed E-state index contributed by atoms with van der Waals surface area (Å²) in [6.07, 6.45) is 5.99. The Morgan fingerprint density at radius 3 is 2.53 bits per heavy atom. The minimum absolute atomic E-state index is 0.0717. The van der Waals surface area contributed by atoms with E-state index in [-0.39, 0.29) is 23.9 Å². The third-order valence-electron chi connectivity index (χ3n) is 8.03. The van der Waals surface area contributed by atoms with Crippen LogP contribution in [-0.2, 0) is 0 Å². The number of benzene rings is 3. The van der Waals surface area contributed by atoms with E-state index in [4.69, 9.17) is 11.6 Å². The number of anilines is 2. The van der Waals surface area contributed by atoms with E-state index in [1.807, 2.05) is 30.3 Å². The second kappa shape index (κ2) is 11.0. The molecule has 0 radical (unpaired) electrons. The van der Waals surface area contributed by atoms with Crippen LogP contribution in [0.25, 0.3) is 10.9 Å². The Morgan fingerprint density at radius 2 is 1.84 bits per heavy atom. The molecule has 2 N–H and O–H groups in total. The highest BCUT2D eigenvalue weighted by Crippen LogP contribution is 2.49. The average molecular weight is 590 g/mol. The van der Waals surface area contributed by atoms with E-state index in [9.17, 15) is 16.3 Å². The van der Waals surface area contributed by atoms with Crippen molar-refractivity contribution in [3.8, 4) is 12.1 Å². The number of halogens is 2. The number of rotatable bonds is 9. The number of hydrogen-bond acceptors (Lipinski definition) is 7. The fourth-order valence-corrected chi connectivity index (χ4v) is 5.78. The average Bonchev–Trinajstić information content (AvgIpc) is 3.98. The SMILES string of the molecule is [2H]C(Nc1cc(Cl)c2ncc(C#N)c(NC(c3ccccc3)C3C[C@@H]3C#N)c2c1)(c1ccc(F)cc1)c1cn(C2CC2)nn1. The summed E-state index contributed by atoms with van der Waals surface area (Å²) in [6, 6.07) is 22.0. The van der Waals surface area contributed by atoms with Crippen molar-refractivity contribution < 1.29 is 5.76 Å². The van der Waals surface area contributed by atoms with Gasteiger partial charge >= 0.3 is 0 Å². The van der Waals surface area contributed by atoms with E-state index >= 15 is 0 Å². The summed E-state index contributed by atoms with van der Waals surface area (Å²) in [6.45, 7) is 0. The molecule has 2 aliphatic carbocycles. The standard InChI is InChI=1S/C33H26ClFN8/c34-28-14-24(39-32(20-6-8-23(35)9-7-20)29-18-43(42-41-29)25-10-11-25)13-27-31(22(16-37)17-38-33(27)28)40-30(26-12-21(26)15-36)19-4-2-1-3-5-19/h1-9,13-14,17-18,21,25-26,30,32,39H,10-12H2,(H,38,40)/t21-,26?,30?,32?/m1/s1/i32D. The predicted octanol–water partition coefficient (Wildman–Crippen LogP) is 7.34. The Hall–Kier alpha value is -4.99. The van der Waals surface area contributed by atoms with Gasteiger partial charge in [-0.05, 0) is 54.7 Å². The fourth-order valence-electron chi connectivity index (χ4n) is 5.51. The molecule has 5 aromatic rings. The maximum Gasteiger partial charge on any atom is 0.123 e. The summed E-state index contributed by atoms with van der Waals surface area (Å²) in [5, 5.41) is 36.1. The Bertz CT molecular complexity index is 1950. The van der Waals surface area contributed by atoms with Crippen LogP contribution in [0.4, 0.5) is 15.8 Å². The lowest BCUT2D eigenvalue weighted by atomic mass is 9.99. The Kier molecular flexibility index (Phi) is 6.58. The largest absolute Gasteiger partial charge is 0.376 e. The number of hydrogen-bond donors (Lipinski definition) is 2. The van der Waals surface area contributed by atoms with Crippen LogP contribution in [0.1, 0.15) is 61.1 Å². The molecule has 212 valence electrons. The first-order valence-corrected chi connectivity index (χ1v) is 14.5. The summed E-state index contributed by atoms with van der Waals surface area (Å²) in [4.78, 5) is 4.49. The van der Waals surface area contributed by atoms with Crippen molar-refractivity contribution in [3.05, 3.63) is 112 Å². The molecule has 0 aliphatic heterocycles. The zero-order valence-electron chi connectivity index (χ0n) is 23.9. The highest BCUT2D eigenvalue weighted by Gasteiger charge is 2.44. The molecule has 2 aliphatic rings. The number of fused-ring (bicyclic) bond motifs is 1. The van der Waals surface area contributed by atoms with E-state index in [1.54, 1.807) is 35.1 Å². The van der Waals surface area contributed by atoms with Crippen molar-refractivity contribution in [2.24, 2.45) is 11.8 Å². The van der Waals surface area contributed by atoms with Gasteiger partial charge in [-0.15, -0.1) is 5.10 Å². The molecule has 0 saturated heterocycles. The highest BCUT2D eigenvalue weighted by atomic mass is 35.5. The van der Waals surface area contributed by atoms with E-state index in [2.05, 4.69) is 38.1 Å². The molecule has 2 saturated carbocycles. The van der Waals surface area contributed by atoms with Crippen molar-refractivity contribution in [2.75, 3.05) is 10.6 Å². The van der Waals surface area contributed by atoms with Gasteiger partial charge in [-0.3, -0.25) is 4.98 Å². The normalized spacial score (nSPS) is 19.9. The van der Waals surface area contributed by atoms with Crippen LogP contribution >= 0.6 is 11.6 Å². The van der Waals surface area contributed by atoms with Crippen molar-refractivity contribution in [1.82, 2.24) is 20.0 Å². The smallest absolute Gasteiger partial charge is 0.123 e. The molecule has 7 rings (SSSR count). The molecule has 0 amide bonds. The van der Waals surface area contributed by atoms with Gasteiger partial charge in [0.25, 0.3) is 0 Å². The summed E-state index contributed by atoms with van der Waals surface area (Å²) >= 11 is 6.80. The fraction of sp³-hybridized carbons (Fsp3) is 0.242. The summed E-state index contributed by atoms with van der Waals surface area (Å²) in [7, 11) is 0. The van der Waals surface area contributed by atoms with Crippen molar-refractivity contribution in [3.63, 3.8) is 0 Å². The lowest BCUT2D eigenvalue weighted by Crippen LogP contribution is -2.16. The quantitative estimate of drug-likeness (QED) is 0.185. The number of pyridine rings is 1. The zero-order valence-corrected chi connectivity index (χ0v) is 23.6. The molecule has 8 nitrogen and oxygen atoms in total. The summed E-state index contributed by atoms with van der Waals surface area (Å²) < 4.78 is 25.3. The molecule has 10 heteroatoms. The molecule has 2 heterocycles. The van der Waals surface area contributed by atoms with Crippen LogP contribution < -0.4 is 10.6 Å². The van der Waals surface area contributed by atoms with Gasteiger partial charge in [-0.25, -0.2) is 9.07 Å². The van der Waals surface area contributed by atoms with E-state index < -0.39 is 11.8 Å². The lowest BCUT2D eigenvalue weighted by Gasteiger charge is -2.23. The van der Waals surface area contributed by atoms with Crippen molar-refractivity contribution >= 4 is 33.9 Å². The van der Waals surface area contributed by atoms with Crippen LogP contribution in [0.2, 0.25) is 5.02 Å². The second-order valence-electron chi connectivity index (χ2n) is 11.0. The molecule has 2 aromatic heterocycles. The van der Waals surface area contributed by atoms with Crippen molar-refractivity contribution in [2.45, 2.75) is 37.4 Å². The van der Waals surface area contributed by atoms with Gasteiger partial charge in [0.15, 0.2) is 0 Å². The minimum atomic E-state index is -1.65. The third kappa shape index (κ3) is 5.36. The number of nitriles is 2. The lowest BCUT2D eigenvalue weighted by molar-refractivity contribution is 0.610. The molecular weight excluding hydrogens is 563 g/mol. The number of nitrogens with one attached hydrogen (secondary N) is 2. The maximum atomic E-state index is 13.9. The summed E-state index contributed by atoms with van der Waals surface area (Å²) in [5.41, 5.74) is 3.62. The zero-order chi connectivity index (χ0) is 30.4. The van der Waals surface area contributed by atoms with Gasteiger partial charge in [-0.1, -0.05) is 59.3 Å². The first-order chi connectivity index (χ1) is 21.4. The summed E-state index contributed by atoms with van der Waals surface area (Å²) in [5.74, 6) is -0.433. The van der Waals surface area contributed by atoms with E-state index in [1.165, 1.54) is 18.3 Å². The minimum Gasteiger partial charge on any atom is -0.376 e. The van der Waals surface area contributed by atoms with E-state index in [0.29, 0.717) is 44.1 Å². The van der Waals surface area contributed by atoms with Crippen molar-refractivity contribution in [1.29, 1.82) is 10.5 Å². The van der Waals surface area contributed by atoms with Gasteiger partial charge < -0.3 is 10.6 Å². The van der Waals surface area contributed by atoms with E-state index in [0.717, 1.165) is 24.8 Å². The monoisotopic (exact) mass is 589 g/mol. The second-order valence-corrected chi connectivity index (χ2v) is 11.4. The Balaban J connectivity index is 1.33. The number of aromatic nitrogens is 4. The molecule has 4 atom stereocenters. The first kappa shape index (κ1) is 25.7. The maximum absolute atomic E-state index is 13.9. The molecule has 3 aromatic carbocycles. The van der Waals surface area contributed by atoms with Crippen LogP contribution in [0.3, 0.4) is 0 Å². The van der Waals surface area contributed by atoms with Crippen LogP contribution in [0.15, 0.2) is 79.1 Å². The Morgan fingerprint density at radius 1 is 1.05 bits per heavy atom. The Labute approximate surface area is 254 Å².